The molecule has 1 saturated carbocycles. The SMILES string of the molecule is CN(C)C(=O)c1cc(C2CCC(CN)CC2)nc2ccccc12. The maximum atomic E-state index is 12.6. The number of pyridine rings is 1. The highest BCUT2D eigenvalue weighted by Gasteiger charge is 2.24. The molecule has 2 N–H and O–H groups in total. The molecule has 23 heavy (non-hydrogen) atoms. The van der Waals surface area contributed by atoms with E-state index in [-0.39, 0.29) is 5.91 Å². The maximum Gasteiger partial charge on any atom is 0.254 e. The third-order valence-corrected chi connectivity index (χ3v) is 4.97. The Morgan fingerprint density at radius 2 is 1.91 bits per heavy atom. The van der Waals surface area contributed by atoms with Crippen LogP contribution in [0.3, 0.4) is 0 Å². The molecule has 1 fully saturated rings. The number of para-hydroxylation sites is 1. The molecule has 1 aliphatic carbocycles. The molecule has 0 unspecified atom stereocenters. The van der Waals surface area contributed by atoms with Crippen LogP contribution >= 0.6 is 0 Å². The lowest BCUT2D eigenvalue weighted by atomic mass is 9.80. The maximum absolute atomic E-state index is 12.6. The van der Waals surface area contributed by atoms with Gasteiger partial charge >= 0.3 is 0 Å². The zero-order chi connectivity index (χ0) is 16.4. The van der Waals surface area contributed by atoms with Crippen molar-refractivity contribution in [3.63, 3.8) is 0 Å². The van der Waals surface area contributed by atoms with Gasteiger partial charge in [0, 0.05) is 31.1 Å². The second-order valence-corrected chi connectivity index (χ2v) is 6.76. The first-order valence-electron chi connectivity index (χ1n) is 8.41. The first kappa shape index (κ1) is 15.9. The van der Waals surface area contributed by atoms with Gasteiger partial charge in [0.15, 0.2) is 0 Å². The number of rotatable bonds is 3. The fourth-order valence-electron chi connectivity index (χ4n) is 3.52. The quantitative estimate of drug-likeness (QED) is 0.947. The van der Waals surface area contributed by atoms with E-state index in [2.05, 4.69) is 0 Å². The lowest BCUT2D eigenvalue weighted by Gasteiger charge is -2.27. The second-order valence-electron chi connectivity index (χ2n) is 6.76. The number of aromatic nitrogens is 1. The van der Waals surface area contributed by atoms with Crippen molar-refractivity contribution in [2.45, 2.75) is 31.6 Å². The van der Waals surface area contributed by atoms with Gasteiger partial charge in [0.25, 0.3) is 5.91 Å². The fourth-order valence-corrected chi connectivity index (χ4v) is 3.52. The van der Waals surface area contributed by atoms with Gasteiger partial charge in [-0.25, -0.2) is 0 Å². The van der Waals surface area contributed by atoms with E-state index >= 15 is 0 Å². The highest BCUT2D eigenvalue weighted by atomic mass is 16.2. The minimum atomic E-state index is 0.0421. The first-order valence-corrected chi connectivity index (χ1v) is 8.41. The molecule has 122 valence electrons. The van der Waals surface area contributed by atoms with Gasteiger partial charge in [-0.05, 0) is 50.3 Å². The lowest BCUT2D eigenvalue weighted by Crippen LogP contribution is -2.23. The monoisotopic (exact) mass is 311 g/mol. The predicted molar refractivity (Wildman–Crippen MR) is 93.5 cm³/mol. The highest BCUT2D eigenvalue weighted by Crippen LogP contribution is 2.36. The largest absolute Gasteiger partial charge is 0.345 e. The van der Waals surface area contributed by atoms with Crippen molar-refractivity contribution in [2.75, 3.05) is 20.6 Å². The molecule has 0 spiro atoms. The topological polar surface area (TPSA) is 59.2 Å². The van der Waals surface area contributed by atoms with Crippen molar-refractivity contribution >= 4 is 16.8 Å². The summed E-state index contributed by atoms with van der Waals surface area (Å²) >= 11 is 0. The van der Waals surface area contributed by atoms with Gasteiger partial charge in [0.2, 0.25) is 0 Å². The van der Waals surface area contributed by atoms with Crippen molar-refractivity contribution in [1.29, 1.82) is 0 Å². The standard InChI is InChI=1S/C19H25N3O/c1-22(2)19(23)16-11-18(14-9-7-13(12-20)8-10-14)21-17-6-4-3-5-15(16)17/h3-6,11,13-14H,7-10,12,20H2,1-2H3. The summed E-state index contributed by atoms with van der Waals surface area (Å²) in [6.45, 7) is 0.780. The van der Waals surface area contributed by atoms with Gasteiger partial charge < -0.3 is 10.6 Å². The molecule has 1 aliphatic rings. The van der Waals surface area contributed by atoms with Crippen LogP contribution in [-0.2, 0) is 0 Å². The van der Waals surface area contributed by atoms with Gasteiger partial charge in [0.05, 0.1) is 11.1 Å². The van der Waals surface area contributed by atoms with Crippen LogP contribution in [0.15, 0.2) is 30.3 Å². The van der Waals surface area contributed by atoms with E-state index in [1.807, 2.05) is 30.3 Å². The van der Waals surface area contributed by atoms with Crippen LogP contribution in [0.25, 0.3) is 10.9 Å². The molecular weight excluding hydrogens is 286 g/mol. The molecule has 0 radical (unpaired) electrons. The number of fused-ring (bicyclic) bond motifs is 1. The van der Waals surface area contributed by atoms with Crippen LogP contribution in [0, 0.1) is 5.92 Å². The Morgan fingerprint density at radius 3 is 2.57 bits per heavy atom. The number of benzene rings is 1. The van der Waals surface area contributed by atoms with Crippen LogP contribution < -0.4 is 5.73 Å². The number of hydrogen-bond acceptors (Lipinski definition) is 3. The van der Waals surface area contributed by atoms with Crippen molar-refractivity contribution in [1.82, 2.24) is 9.88 Å². The van der Waals surface area contributed by atoms with Crippen LogP contribution in [0.1, 0.15) is 47.7 Å². The third kappa shape index (κ3) is 3.22. The molecule has 0 saturated heterocycles. The zero-order valence-electron chi connectivity index (χ0n) is 14.0. The van der Waals surface area contributed by atoms with Crippen molar-refractivity contribution < 1.29 is 4.79 Å². The predicted octanol–water partition coefficient (Wildman–Crippen LogP) is 3.17. The van der Waals surface area contributed by atoms with E-state index in [1.165, 1.54) is 0 Å². The number of hydrogen-bond donors (Lipinski definition) is 1. The van der Waals surface area contributed by atoms with Crippen LogP contribution in [0.2, 0.25) is 0 Å². The van der Waals surface area contributed by atoms with E-state index in [4.69, 9.17) is 10.7 Å². The molecule has 0 aliphatic heterocycles. The average molecular weight is 311 g/mol. The molecule has 4 heteroatoms. The molecular formula is C19H25N3O. The Bertz CT molecular complexity index is 703. The summed E-state index contributed by atoms with van der Waals surface area (Å²) in [6, 6.07) is 9.93. The first-order chi connectivity index (χ1) is 11.1. The summed E-state index contributed by atoms with van der Waals surface area (Å²) in [7, 11) is 3.59. The minimum Gasteiger partial charge on any atom is -0.345 e. The Kier molecular flexibility index (Phi) is 4.62. The summed E-state index contributed by atoms with van der Waals surface area (Å²) < 4.78 is 0. The smallest absolute Gasteiger partial charge is 0.254 e. The van der Waals surface area contributed by atoms with E-state index in [9.17, 15) is 4.79 Å². The zero-order valence-corrected chi connectivity index (χ0v) is 14.0. The van der Waals surface area contributed by atoms with Crippen molar-refractivity contribution in [3.05, 3.63) is 41.6 Å². The van der Waals surface area contributed by atoms with Gasteiger partial charge in [-0.2, -0.15) is 0 Å². The average Bonchev–Trinajstić information content (AvgIpc) is 2.60. The highest BCUT2D eigenvalue weighted by molar-refractivity contribution is 6.06. The number of nitrogens with zero attached hydrogens (tertiary/aromatic N) is 2. The molecule has 1 aromatic carbocycles. The summed E-state index contributed by atoms with van der Waals surface area (Å²) in [5.74, 6) is 1.13. The van der Waals surface area contributed by atoms with Gasteiger partial charge in [-0.1, -0.05) is 18.2 Å². The minimum absolute atomic E-state index is 0.0421. The van der Waals surface area contributed by atoms with Crippen LogP contribution in [0.4, 0.5) is 0 Å². The summed E-state index contributed by atoms with van der Waals surface area (Å²) in [6.07, 6.45) is 4.55. The number of amides is 1. The molecule has 0 atom stereocenters. The number of carbonyl (C=O) groups excluding carboxylic acids is 1. The van der Waals surface area contributed by atoms with E-state index in [0.717, 1.165) is 54.4 Å². The van der Waals surface area contributed by atoms with E-state index in [0.29, 0.717) is 11.8 Å². The van der Waals surface area contributed by atoms with Crippen molar-refractivity contribution in [2.24, 2.45) is 11.7 Å². The molecule has 3 rings (SSSR count). The Hall–Kier alpha value is -1.94. The Balaban J connectivity index is 2.00. The van der Waals surface area contributed by atoms with E-state index < -0.39 is 0 Å². The lowest BCUT2D eigenvalue weighted by molar-refractivity contribution is 0.0829. The second kappa shape index (κ2) is 6.67. The third-order valence-electron chi connectivity index (χ3n) is 4.97. The summed E-state index contributed by atoms with van der Waals surface area (Å²) in [5, 5.41) is 0.936. The molecule has 2 aromatic rings. The normalized spacial score (nSPS) is 21.3. The van der Waals surface area contributed by atoms with E-state index in [1.54, 1.807) is 19.0 Å². The summed E-state index contributed by atoms with van der Waals surface area (Å²) in [4.78, 5) is 19.1. The molecule has 0 bridgehead atoms. The molecule has 1 aromatic heterocycles. The van der Waals surface area contributed by atoms with Crippen LogP contribution in [-0.4, -0.2) is 36.4 Å². The number of nitrogens with two attached hydrogens (primary N) is 1. The van der Waals surface area contributed by atoms with Crippen LogP contribution in [0.5, 0.6) is 0 Å². The fraction of sp³-hybridized carbons (Fsp3) is 0.474. The van der Waals surface area contributed by atoms with Gasteiger partial charge in [0.1, 0.15) is 0 Å². The van der Waals surface area contributed by atoms with Crippen molar-refractivity contribution in [3.8, 4) is 0 Å². The van der Waals surface area contributed by atoms with Gasteiger partial charge in [-0.15, -0.1) is 0 Å². The number of carbonyl (C=O) groups is 1. The summed E-state index contributed by atoms with van der Waals surface area (Å²) in [5.41, 5.74) is 8.53. The molecule has 1 heterocycles. The van der Waals surface area contributed by atoms with Gasteiger partial charge in [-0.3, -0.25) is 9.78 Å². The Morgan fingerprint density at radius 1 is 1.22 bits per heavy atom. The molecule has 4 nitrogen and oxygen atoms in total. The Labute approximate surface area is 137 Å². The molecule has 1 amide bonds.